The smallest absolute Gasteiger partial charge is 0.341 e. The maximum Gasteiger partial charge on any atom is 0.341 e. The molecule has 0 fully saturated rings. The van der Waals surface area contributed by atoms with E-state index in [9.17, 15) is 19.2 Å². The molecule has 0 bridgehead atoms. The molecule has 1 unspecified atom stereocenters. The number of esters is 2. The summed E-state index contributed by atoms with van der Waals surface area (Å²) in [4.78, 5) is 49.0. The van der Waals surface area contributed by atoms with Gasteiger partial charge in [0.25, 0.3) is 5.91 Å². The van der Waals surface area contributed by atoms with Crippen LogP contribution < -0.4 is 10.6 Å². The summed E-state index contributed by atoms with van der Waals surface area (Å²) in [7, 11) is 0. The second kappa shape index (κ2) is 10.4. The standard InChI is InChI=1S/C22H28N2O7S/c1-7-29-20(27)17-14(15-9-8-12(2)31-15)11-32-18(17)24-16(25)10-30-19(26)13(3)23-21(28)22(4,5)6/h8-9,11,13H,7,10H2,1-6H3,(H,23,28)(H,24,25). The van der Waals surface area contributed by atoms with Gasteiger partial charge in [0.15, 0.2) is 6.61 Å². The van der Waals surface area contributed by atoms with Crippen LogP contribution in [0.1, 0.15) is 50.7 Å². The lowest BCUT2D eigenvalue weighted by Crippen LogP contribution is -2.45. The van der Waals surface area contributed by atoms with Crippen LogP contribution in [0.25, 0.3) is 11.3 Å². The second-order valence-electron chi connectivity index (χ2n) is 8.09. The summed E-state index contributed by atoms with van der Waals surface area (Å²) >= 11 is 1.12. The van der Waals surface area contributed by atoms with Crippen LogP contribution in [0.15, 0.2) is 21.9 Å². The van der Waals surface area contributed by atoms with E-state index in [1.165, 1.54) is 6.92 Å². The van der Waals surface area contributed by atoms with E-state index >= 15 is 0 Å². The van der Waals surface area contributed by atoms with E-state index in [2.05, 4.69) is 10.6 Å². The zero-order valence-corrected chi connectivity index (χ0v) is 19.8. The first-order valence-corrected chi connectivity index (χ1v) is 10.9. The lowest BCUT2D eigenvalue weighted by atomic mass is 9.95. The Hall–Kier alpha value is -3.14. The number of aryl methyl sites for hydroxylation is 1. The van der Waals surface area contributed by atoms with E-state index in [1.54, 1.807) is 52.1 Å². The molecule has 174 valence electrons. The highest BCUT2D eigenvalue weighted by Crippen LogP contribution is 2.37. The monoisotopic (exact) mass is 464 g/mol. The van der Waals surface area contributed by atoms with Crippen molar-refractivity contribution in [2.75, 3.05) is 18.5 Å². The van der Waals surface area contributed by atoms with Gasteiger partial charge in [0.1, 0.15) is 28.1 Å². The molecular formula is C22H28N2O7S. The number of nitrogens with one attached hydrogen (secondary N) is 2. The summed E-state index contributed by atoms with van der Waals surface area (Å²) in [6, 6.07) is 2.57. The van der Waals surface area contributed by atoms with Crippen molar-refractivity contribution in [2.45, 2.75) is 47.6 Å². The molecule has 0 aliphatic heterocycles. The van der Waals surface area contributed by atoms with Gasteiger partial charge in [-0.2, -0.15) is 0 Å². The highest BCUT2D eigenvalue weighted by molar-refractivity contribution is 7.15. The summed E-state index contributed by atoms with van der Waals surface area (Å²) in [5, 5.41) is 7.05. The second-order valence-corrected chi connectivity index (χ2v) is 8.96. The number of hydrogen-bond acceptors (Lipinski definition) is 8. The average molecular weight is 465 g/mol. The Morgan fingerprint density at radius 3 is 2.41 bits per heavy atom. The fourth-order valence-corrected chi connectivity index (χ4v) is 3.47. The van der Waals surface area contributed by atoms with Gasteiger partial charge in [-0.05, 0) is 32.9 Å². The summed E-state index contributed by atoms with van der Waals surface area (Å²) in [6.45, 7) is 9.66. The maximum absolute atomic E-state index is 12.5. The Labute approximate surface area is 190 Å². The van der Waals surface area contributed by atoms with Gasteiger partial charge in [0, 0.05) is 16.4 Å². The number of anilines is 1. The number of thiophene rings is 1. The maximum atomic E-state index is 12.5. The van der Waals surface area contributed by atoms with Crippen molar-refractivity contribution in [3.8, 4) is 11.3 Å². The van der Waals surface area contributed by atoms with Crippen LogP contribution in [0.3, 0.4) is 0 Å². The third kappa shape index (κ3) is 6.43. The number of carbonyl (C=O) groups is 4. The summed E-state index contributed by atoms with van der Waals surface area (Å²) in [5.74, 6) is -1.17. The minimum Gasteiger partial charge on any atom is -0.462 e. The molecule has 0 saturated heterocycles. The number of amides is 2. The Morgan fingerprint density at radius 2 is 1.84 bits per heavy atom. The van der Waals surface area contributed by atoms with Crippen molar-refractivity contribution >= 4 is 40.1 Å². The molecule has 2 N–H and O–H groups in total. The van der Waals surface area contributed by atoms with Gasteiger partial charge in [-0.25, -0.2) is 9.59 Å². The first kappa shape index (κ1) is 25.1. The third-order valence-corrected chi connectivity index (χ3v) is 5.15. The van der Waals surface area contributed by atoms with Gasteiger partial charge in [-0.3, -0.25) is 9.59 Å². The predicted molar refractivity (Wildman–Crippen MR) is 119 cm³/mol. The van der Waals surface area contributed by atoms with E-state index in [0.29, 0.717) is 17.1 Å². The number of carbonyl (C=O) groups excluding carboxylic acids is 4. The zero-order valence-electron chi connectivity index (χ0n) is 19.0. The highest BCUT2D eigenvalue weighted by atomic mass is 32.1. The van der Waals surface area contributed by atoms with Gasteiger partial charge in [0.05, 0.1) is 6.61 Å². The summed E-state index contributed by atoms with van der Waals surface area (Å²) in [5.41, 5.74) is -0.0113. The number of rotatable bonds is 8. The van der Waals surface area contributed by atoms with Crippen LogP contribution >= 0.6 is 11.3 Å². The van der Waals surface area contributed by atoms with Crippen LogP contribution in [0.2, 0.25) is 0 Å². The highest BCUT2D eigenvalue weighted by Gasteiger charge is 2.27. The minimum atomic E-state index is -0.917. The molecule has 1 atom stereocenters. The number of furan rings is 1. The van der Waals surface area contributed by atoms with Crippen molar-refractivity contribution in [2.24, 2.45) is 5.41 Å². The lowest BCUT2D eigenvalue weighted by molar-refractivity contribution is -0.150. The van der Waals surface area contributed by atoms with E-state index in [0.717, 1.165) is 11.3 Å². The molecule has 0 aromatic carbocycles. The van der Waals surface area contributed by atoms with Crippen molar-refractivity contribution in [1.29, 1.82) is 0 Å². The van der Waals surface area contributed by atoms with Gasteiger partial charge < -0.3 is 24.5 Å². The lowest BCUT2D eigenvalue weighted by Gasteiger charge is -2.20. The fraction of sp³-hybridized carbons (Fsp3) is 0.455. The van der Waals surface area contributed by atoms with E-state index < -0.39 is 35.9 Å². The Morgan fingerprint density at radius 1 is 1.16 bits per heavy atom. The molecule has 0 radical (unpaired) electrons. The average Bonchev–Trinajstić information content (AvgIpc) is 3.31. The quantitative estimate of drug-likeness (QED) is 0.573. The van der Waals surface area contributed by atoms with Crippen LogP contribution in [0.5, 0.6) is 0 Å². The normalized spacial score (nSPS) is 12.1. The van der Waals surface area contributed by atoms with Gasteiger partial charge >= 0.3 is 11.9 Å². The van der Waals surface area contributed by atoms with Crippen LogP contribution in [0.4, 0.5) is 5.00 Å². The van der Waals surface area contributed by atoms with Gasteiger partial charge in [-0.1, -0.05) is 20.8 Å². The van der Waals surface area contributed by atoms with Crippen LogP contribution in [-0.4, -0.2) is 43.0 Å². The van der Waals surface area contributed by atoms with E-state index in [-0.39, 0.29) is 23.1 Å². The van der Waals surface area contributed by atoms with Gasteiger partial charge in [-0.15, -0.1) is 11.3 Å². The van der Waals surface area contributed by atoms with Crippen molar-refractivity contribution < 1.29 is 33.1 Å². The van der Waals surface area contributed by atoms with Crippen molar-refractivity contribution in [1.82, 2.24) is 5.32 Å². The molecule has 2 aromatic heterocycles. The largest absolute Gasteiger partial charge is 0.462 e. The molecule has 0 aliphatic carbocycles. The zero-order chi connectivity index (χ0) is 24.1. The SMILES string of the molecule is CCOC(=O)c1c(-c2ccc(C)o2)csc1NC(=O)COC(=O)C(C)NC(=O)C(C)(C)C. The molecule has 0 spiro atoms. The number of hydrogen-bond donors (Lipinski definition) is 2. The van der Waals surface area contributed by atoms with Crippen LogP contribution in [-0.2, 0) is 23.9 Å². The third-order valence-electron chi connectivity index (χ3n) is 4.26. The molecule has 9 nitrogen and oxygen atoms in total. The summed E-state index contributed by atoms with van der Waals surface area (Å²) < 4.78 is 15.7. The fourth-order valence-electron chi connectivity index (χ4n) is 2.51. The Kier molecular flexibility index (Phi) is 8.20. The molecule has 0 aliphatic rings. The summed E-state index contributed by atoms with van der Waals surface area (Å²) in [6.07, 6.45) is 0. The molecule has 2 aromatic rings. The molecule has 10 heteroatoms. The first-order chi connectivity index (χ1) is 14.9. The Bertz CT molecular complexity index is 1000. The topological polar surface area (TPSA) is 124 Å². The number of ether oxygens (including phenoxy) is 2. The molecule has 2 amide bonds. The minimum absolute atomic E-state index is 0.161. The van der Waals surface area contributed by atoms with Crippen LogP contribution in [0, 0.1) is 12.3 Å². The predicted octanol–water partition coefficient (Wildman–Crippen LogP) is 3.53. The van der Waals surface area contributed by atoms with E-state index in [4.69, 9.17) is 13.9 Å². The Balaban J connectivity index is 2.06. The molecule has 32 heavy (non-hydrogen) atoms. The van der Waals surface area contributed by atoms with Crippen molar-refractivity contribution in [3.05, 3.63) is 28.8 Å². The molecule has 2 rings (SSSR count). The molecular weight excluding hydrogens is 436 g/mol. The van der Waals surface area contributed by atoms with Gasteiger partial charge in [0.2, 0.25) is 5.91 Å². The first-order valence-electron chi connectivity index (χ1n) is 10.1. The van der Waals surface area contributed by atoms with Crippen molar-refractivity contribution in [3.63, 3.8) is 0 Å². The molecule has 0 saturated carbocycles. The molecule has 2 heterocycles. The van der Waals surface area contributed by atoms with E-state index in [1.807, 2.05) is 0 Å².